The van der Waals surface area contributed by atoms with Gasteiger partial charge >= 0.3 is 0 Å². The Hall–Kier alpha value is -1.08. The summed E-state index contributed by atoms with van der Waals surface area (Å²) in [6, 6.07) is 7.29. The molecule has 1 saturated carbocycles. The van der Waals surface area contributed by atoms with Crippen LogP contribution in [-0.2, 0) is 14.6 Å². The minimum absolute atomic E-state index is 0.0836. The summed E-state index contributed by atoms with van der Waals surface area (Å²) in [7, 11) is -3.04. The summed E-state index contributed by atoms with van der Waals surface area (Å²) < 4.78 is 30.7. The summed E-state index contributed by atoms with van der Waals surface area (Å²) in [6.07, 6.45) is 5.18. The Morgan fingerprint density at radius 1 is 1.12 bits per heavy atom. The molecule has 1 aromatic rings. The SMILES string of the molecule is C[C@H](Oc1ccc(Br)cc1)C(=O)N(C1CCCCC1)[C@@H]1CCS(=O)(=O)C1. The molecule has 1 aromatic carbocycles. The maximum Gasteiger partial charge on any atom is 0.263 e. The zero-order valence-electron chi connectivity index (χ0n) is 15.1. The Bertz CT molecular complexity index is 728. The Kier molecular flexibility index (Phi) is 6.28. The molecular weight excluding hydrogens is 418 g/mol. The molecular formula is C19H26BrNO4S. The van der Waals surface area contributed by atoms with Crippen molar-refractivity contribution in [2.75, 3.05) is 11.5 Å². The van der Waals surface area contributed by atoms with Gasteiger partial charge in [-0.15, -0.1) is 0 Å². The van der Waals surface area contributed by atoms with Gasteiger partial charge in [-0.05, 0) is 50.5 Å². The van der Waals surface area contributed by atoms with Crippen molar-refractivity contribution >= 4 is 31.7 Å². The maximum atomic E-state index is 13.2. The van der Waals surface area contributed by atoms with Crippen LogP contribution in [0, 0.1) is 0 Å². The topological polar surface area (TPSA) is 63.7 Å². The number of sulfone groups is 1. The number of carbonyl (C=O) groups is 1. The van der Waals surface area contributed by atoms with Crippen LogP contribution in [-0.4, -0.2) is 48.9 Å². The predicted octanol–water partition coefficient (Wildman–Crippen LogP) is 3.56. The van der Waals surface area contributed by atoms with Crippen LogP contribution in [0.2, 0.25) is 0 Å². The molecule has 1 saturated heterocycles. The van der Waals surface area contributed by atoms with Crippen molar-refractivity contribution < 1.29 is 17.9 Å². The summed E-state index contributed by atoms with van der Waals surface area (Å²) in [5, 5.41) is 0. The Labute approximate surface area is 164 Å². The van der Waals surface area contributed by atoms with Gasteiger partial charge in [-0.1, -0.05) is 35.2 Å². The van der Waals surface area contributed by atoms with Crippen LogP contribution in [0.15, 0.2) is 28.7 Å². The van der Waals surface area contributed by atoms with Gasteiger partial charge in [0.05, 0.1) is 11.5 Å². The molecule has 1 heterocycles. The van der Waals surface area contributed by atoms with Gasteiger partial charge in [-0.3, -0.25) is 4.79 Å². The summed E-state index contributed by atoms with van der Waals surface area (Å²) in [4.78, 5) is 15.1. The van der Waals surface area contributed by atoms with Crippen molar-refractivity contribution in [3.05, 3.63) is 28.7 Å². The molecule has 2 atom stereocenters. The number of hydrogen-bond acceptors (Lipinski definition) is 4. The van der Waals surface area contributed by atoms with Gasteiger partial charge in [-0.25, -0.2) is 8.42 Å². The maximum absolute atomic E-state index is 13.2. The molecule has 3 rings (SSSR count). The Morgan fingerprint density at radius 3 is 2.35 bits per heavy atom. The predicted molar refractivity (Wildman–Crippen MR) is 105 cm³/mol. The molecule has 0 aromatic heterocycles. The quantitative estimate of drug-likeness (QED) is 0.697. The average Bonchev–Trinajstić information content (AvgIpc) is 2.97. The van der Waals surface area contributed by atoms with Crippen molar-refractivity contribution in [3.63, 3.8) is 0 Å². The monoisotopic (exact) mass is 443 g/mol. The van der Waals surface area contributed by atoms with Crippen molar-refractivity contribution in [2.45, 2.75) is 63.6 Å². The fourth-order valence-electron chi connectivity index (χ4n) is 3.99. The number of rotatable bonds is 5. The second-order valence-electron chi connectivity index (χ2n) is 7.31. The third-order valence-electron chi connectivity index (χ3n) is 5.30. The molecule has 1 aliphatic heterocycles. The zero-order valence-corrected chi connectivity index (χ0v) is 17.5. The van der Waals surface area contributed by atoms with E-state index in [0.29, 0.717) is 12.2 Å². The Morgan fingerprint density at radius 2 is 1.77 bits per heavy atom. The molecule has 0 spiro atoms. The first-order chi connectivity index (χ1) is 12.4. The number of nitrogens with zero attached hydrogens (tertiary/aromatic N) is 1. The molecule has 0 N–H and O–H groups in total. The highest BCUT2D eigenvalue weighted by atomic mass is 79.9. The smallest absolute Gasteiger partial charge is 0.263 e. The standard InChI is InChI=1S/C19H26BrNO4S/c1-14(25-18-9-7-15(20)8-10-18)19(22)21(16-5-3-2-4-6-16)17-11-12-26(23,24)13-17/h7-10,14,16-17H,2-6,11-13H2,1H3/t14-,17+/m0/s1. The van der Waals surface area contributed by atoms with E-state index >= 15 is 0 Å². The van der Waals surface area contributed by atoms with Crippen molar-refractivity contribution in [1.82, 2.24) is 4.90 Å². The highest BCUT2D eigenvalue weighted by Crippen LogP contribution is 2.29. The molecule has 0 unspecified atom stereocenters. The van der Waals surface area contributed by atoms with E-state index in [0.717, 1.165) is 30.2 Å². The summed E-state index contributed by atoms with van der Waals surface area (Å²) >= 11 is 3.38. The molecule has 1 amide bonds. The van der Waals surface area contributed by atoms with Crippen LogP contribution < -0.4 is 4.74 Å². The molecule has 1 aliphatic carbocycles. The summed E-state index contributed by atoms with van der Waals surface area (Å²) in [5.74, 6) is 0.801. The number of ether oxygens (including phenoxy) is 1. The lowest BCUT2D eigenvalue weighted by Crippen LogP contribution is -2.52. The second kappa shape index (κ2) is 8.30. The number of hydrogen-bond donors (Lipinski definition) is 0. The molecule has 5 nitrogen and oxygen atoms in total. The van der Waals surface area contributed by atoms with Gasteiger partial charge in [0.2, 0.25) is 0 Å². The molecule has 2 fully saturated rings. The van der Waals surface area contributed by atoms with Gasteiger partial charge in [-0.2, -0.15) is 0 Å². The Balaban J connectivity index is 1.76. The molecule has 26 heavy (non-hydrogen) atoms. The van der Waals surface area contributed by atoms with E-state index in [-0.39, 0.29) is 29.5 Å². The molecule has 0 bridgehead atoms. The van der Waals surface area contributed by atoms with E-state index in [2.05, 4.69) is 15.9 Å². The first-order valence-electron chi connectivity index (χ1n) is 9.30. The third kappa shape index (κ3) is 4.80. The van der Waals surface area contributed by atoms with E-state index in [1.807, 2.05) is 29.2 Å². The average molecular weight is 444 g/mol. The number of carbonyl (C=O) groups excluding carboxylic acids is 1. The molecule has 7 heteroatoms. The van der Waals surface area contributed by atoms with E-state index < -0.39 is 15.9 Å². The lowest BCUT2D eigenvalue weighted by Gasteiger charge is -2.39. The van der Waals surface area contributed by atoms with Crippen LogP contribution in [0.4, 0.5) is 0 Å². The van der Waals surface area contributed by atoms with Gasteiger partial charge < -0.3 is 9.64 Å². The minimum atomic E-state index is -3.04. The number of amides is 1. The fraction of sp³-hybridized carbons (Fsp3) is 0.632. The van der Waals surface area contributed by atoms with Crippen LogP contribution >= 0.6 is 15.9 Å². The molecule has 144 valence electrons. The molecule has 2 aliphatic rings. The number of benzene rings is 1. The van der Waals surface area contributed by atoms with Gasteiger partial charge in [0.25, 0.3) is 5.91 Å². The fourth-order valence-corrected chi connectivity index (χ4v) is 5.97. The van der Waals surface area contributed by atoms with E-state index in [4.69, 9.17) is 4.74 Å². The van der Waals surface area contributed by atoms with Gasteiger partial charge in [0.15, 0.2) is 15.9 Å². The minimum Gasteiger partial charge on any atom is -0.481 e. The lowest BCUT2D eigenvalue weighted by atomic mass is 9.92. The van der Waals surface area contributed by atoms with Crippen LogP contribution in [0.3, 0.4) is 0 Å². The van der Waals surface area contributed by atoms with Crippen LogP contribution in [0.5, 0.6) is 5.75 Å². The zero-order chi connectivity index (χ0) is 18.7. The highest BCUT2D eigenvalue weighted by Gasteiger charge is 2.40. The molecule has 0 radical (unpaired) electrons. The first kappa shape index (κ1) is 19.7. The second-order valence-corrected chi connectivity index (χ2v) is 10.5. The van der Waals surface area contributed by atoms with Crippen molar-refractivity contribution in [1.29, 1.82) is 0 Å². The largest absolute Gasteiger partial charge is 0.481 e. The number of halogens is 1. The normalized spacial score (nSPS) is 24.2. The van der Waals surface area contributed by atoms with E-state index in [1.54, 1.807) is 6.92 Å². The van der Waals surface area contributed by atoms with Gasteiger partial charge in [0.1, 0.15) is 5.75 Å². The summed E-state index contributed by atoms with van der Waals surface area (Å²) in [5.41, 5.74) is 0. The van der Waals surface area contributed by atoms with Crippen LogP contribution in [0.1, 0.15) is 45.4 Å². The first-order valence-corrected chi connectivity index (χ1v) is 11.9. The van der Waals surface area contributed by atoms with E-state index in [1.165, 1.54) is 6.42 Å². The lowest BCUT2D eigenvalue weighted by molar-refractivity contribution is -0.143. The summed E-state index contributed by atoms with van der Waals surface area (Å²) in [6.45, 7) is 1.75. The van der Waals surface area contributed by atoms with Crippen LogP contribution in [0.25, 0.3) is 0 Å². The van der Waals surface area contributed by atoms with E-state index in [9.17, 15) is 13.2 Å². The van der Waals surface area contributed by atoms with Gasteiger partial charge in [0, 0.05) is 16.6 Å². The third-order valence-corrected chi connectivity index (χ3v) is 7.58. The van der Waals surface area contributed by atoms with Crippen molar-refractivity contribution in [2.24, 2.45) is 0 Å². The van der Waals surface area contributed by atoms with Crippen molar-refractivity contribution in [3.8, 4) is 5.75 Å². The highest BCUT2D eigenvalue weighted by molar-refractivity contribution is 9.10.